The van der Waals surface area contributed by atoms with Gasteiger partial charge in [-0.25, -0.2) is 9.78 Å². The summed E-state index contributed by atoms with van der Waals surface area (Å²) in [6.07, 6.45) is 5.51. The number of hydrogen-bond donors (Lipinski definition) is 2. The monoisotopic (exact) mass is 375 g/mol. The second kappa shape index (κ2) is 7.76. The minimum absolute atomic E-state index is 0.400. The van der Waals surface area contributed by atoms with E-state index in [-0.39, 0.29) is 0 Å². The number of nitrogens with zero attached hydrogens (tertiary/aromatic N) is 3. The molecule has 1 fully saturated rings. The van der Waals surface area contributed by atoms with Crippen LogP contribution in [0.25, 0.3) is 10.8 Å². The van der Waals surface area contributed by atoms with E-state index in [1.165, 1.54) is 24.9 Å². The third-order valence-corrected chi connectivity index (χ3v) is 5.32. The van der Waals surface area contributed by atoms with Crippen molar-refractivity contribution in [3.63, 3.8) is 0 Å². The summed E-state index contributed by atoms with van der Waals surface area (Å²) in [5.41, 5.74) is 14.6. The fraction of sp³-hybridized carbons (Fsp3) is 0.273. The highest BCUT2D eigenvalue weighted by molar-refractivity contribution is 6.03. The van der Waals surface area contributed by atoms with Crippen LogP contribution in [0.1, 0.15) is 24.8 Å². The predicted molar refractivity (Wildman–Crippen MR) is 114 cm³/mol. The van der Waals surface area contributed by atoms with Crippen LogP contribution in [-0.4, -0.2) is 24.1 Å². The molecule has 0 radical (unpaired) electrons. The quantitative estimate of drug-likeness (QED) is 0.724. The number of urea groups is 1. The Morgan fingerprint density at radius 1 is 1.07 bits per heavy atom. The molecule has 0 bridgehead atoms. The average molecular weight is 375 g/mol. The SMILES string of the molecule is NC(=O)N(Cc1ccc(N2CCCCC2)cc1)c1cccc2cnc(N)cc12. The number of aromatic nitrogens is 1. The van der Waals surface area contributed by atoms with Gasteiger partial charge >= 0.3 is 6.03 Å². The van der Waals surface area contributed by atoms with Gasteiger partial charge in [0.2, 0.25) is 0 Å². The zero-order valence-electron chi connectivity index (χ0n) is 15.8. The van der Waals surface area contributed by atoms with E-state index in [4.69, 9.17) is 11.5 Å². The number of fused-ring (bicyclic) bond motifs is 1. The Hall–Kier alpha value is -3.28. The van der Waals surface area contributed by atoms with Crippen molar-refractivity contribution in [1.82, 2.24) is 4.98 Å². The highest BCUT2D eigenvalue weighted by atomic mass is 16.2. The summed E-state index contributed by atoms with van der Waals surface area (Å²) < 4.78 is 0. The molecule has 2 amide bonds. The maximum Gasteiger partial charge on any atom is 0.319 e. The molecule has 2 heterocycles. The lowest BCUT2D eigenvalue weighted by atomic mass is 10.1. The molecule has 1 saturated heterocycles. The van der Waals surface area contributed by atoms with Gasteiger partial charge in [-0.15, -0.1) is 0 Å². The van der Waals surface area contributed by atoms with Gasteiger partial charge in [0.1, 0.15) is 5.82 Å². The van der Waals surface area contributed by atoms with Gasteiger partial charge in [-0.2, -0.15) is 0 Å². The van der Waals surface area contributed by atoms with E-state index in [0.717, 1.165) is 35.1 Å². The molecule has 1 aliphatic rings. The zero-order chi connectivity index (χ0) is 19.5. The van der Waals surface area contributed by atoms with Crippen LogP contribution < -0.4 is 21.3 Å². The molecular weight excluding hydrogens is 350 g/mol. The van der Waals surface area contributed by atoms with Crippen molar-refractivity contribution in [2.24, 2.45) is 5.73 Å². The van der Waals surface area contributed by atoms with E-state index in [1.807, 2.05) is 18.2 Å². The lowest BCUT2D eigenvalue weighted by Crippen LogP contribution is -2.35. The Kier molecular flexibility index (Phi) is 5.02. The number of nitrogens with two attached hydrogens (primary N) is 2. The van der Waals surface area contributed by atoms with Gasteiger partial charge in [-0.05, 0) is 49.1 Å². The number of rotatable bonds is 4. The topological polar surface area (TPSA) is 88.5 Å². The lowest BCUT2D eigenvalue weighted by molar-refractivity contribution is 0.253. The lowest BCUT2D eigenvalue weighted by Gasteiger charge is -2.29. The van der Waals surface area contributed by atoms with Gasteiger partial charge in [0.05, 0.1) is 12.2 Å². The maximum atomic E-state index is 12.2. The predicted octanol–water partition coefficient (Wildman–Crippen LogP) is 3.89. The molecule has 0 aliphatic carbocycles. The first-order valence-electron chi connectivity index (χ1n) is 9.67. The largest absolute Gasteiger partial charge is 0.384 e. The first-order chi connectivity index (χ1) is 13.6. The number of carbonyl (C=O) groups excluding carboxylic acids is 1. The summed E-state index contributed by atoms with van der Waals surface area (Å²) >= 11 is 0. The van der Waals surface area contributed by atoms with E-state index < -0.39 is 6.03 Å². The number of pyridine rings is 1. The molecule has 1 aliphatic heterocycles. The number of piperidine rings is 1. The summed E-state index contributed by atoms with van der Waals surface area (Å²) in [5.74, 6) is 0.412. The Bertz CT molecular complexity index is 980. The summed E-state index contributed by atoms with van der Waals surface area (Å²) in [6, 6.07) is 15.4. The molecular formula is C22H25N5O. The van der Waals surface area contributed by atoms with Crippen molar-refractivity contribution in [3.05, 3.63) is 60.3 Å². The molecule has 3 aromatic rings. The molecule has 0 atom stereocenters. The zero-order valence-corrected chi connectivity index (χ0v) is 15.8. The van der Waals surface area contributed by atoms with Crippen LogP contribution in [-0.2, 0) is 6.54 Å². The summed E-state index contributed by atoms with van der Waals surface area (Å²) in [5, 5.41) is 1.78. The molecule has 28 heavy (non-hydrogen) atoms. The highest BCUT2D eigenvalue weighted by Crippen LogP contribution is 2.29. The first-order valence-corrected chi connectivity index (χ1v) is 9.67. The Morgan fingerprint density at radius 2 is 1.82 bits per heavy atom. The van der Waals surface area contributed by atoms with Crippen molar-refractivity contribution in [2.75, 3.05) is 28.6 Å². The molecule has 0 spiro atoms. The smallest absolute Gasteiger partial charge is 0.319 e. The van der Waals surface area contributed by atoms with Gasteiger partial charge in [-0.1, -0.05) is 24.3 Å². The number of carbonyl (C=O) groups is 1. The highest BCUT2D eigenvalue weighted by Gasteiger charge is 2.17. The van der Waals surface area contributed by atoms with Crippen LogP contribution >= 0.6 is 0 Å². The molecule has 4 N–H and O–H groups in total. The van der Waals surface area contributed by atoms with Crippen LogP contribution in [0, 0.1) is 0 Å². The molecule has 4 rings (SSSR count). The molecule has 144 valence electrons. The first kappa shape index (κ1) is 18.1. The van der Waals surface area contributed by atoms with E-state index in [9.17, 15) is 4.79 Å². The van der Waals surface area contributed by atoms with Crippen LogP contribution in [0.3, 0.4) is 0 Å². The maximum absolute atomic E-state index is 12.2. The number of nitrogen functional groups attached to an aromatic ring is 1. The third-order valence-electron chi connectivity index (χ3n) is 5.32. The van der Waals surface area contributed by atoms with Gasteiger partial charge < -0.3 is 16.4 Å². The van der Waals surface area contributed by atoms with Crippen LogP contribution in [0.4, 0.5) is 22.0 Å². The minimum atomic E-state index is -0.497. The fourth-order valence-electron chi connectivity index (χ4n) is 3.83. The van der Waals surface area contributed by atoms with Gasteiger partial charge in [0, 0.05) is 35.7 Å². The van der Waals surface area contributed by atoms with Gasteiger partial charge in [0.15, 0.2) is 0 Å². The molecule has 6 nitrogen and oxygen atoms in total. The van der Waals surface area contributed by atoms with Crippen molar-refractivity contribution in [1.29, 1.82) is 0 Å². The Balaban J connectivity index is 1.61. The standard InChI is InChI=1S/C22H25N5O/c23-21-13-19-17(14-25-21)5-4-6-20(19)27(22(24)28)15-16-7-9-18(10-8-16)26-11-2-1-3-12-26/h4-10,13-14H,1-3,11-12,15H2,(H2,23,25)(H2,24,28). The van der Waals surface area contributed by atoms with Crippen molar-refractivity contribution in [2.45, 2.75) is 25.8 Å². The van der Waals surface area contributed by atoms with E-state index in [2.05, 4.69) is 34.1 Å². The second-order valence-corrected chi connectivity index (χ2v) is 7.25. The van der Waals surface area contributed by atoms with E-state index in [0.29, 0.717) is 12.4 Å². The minimum Gasteiger partial charge on any atom is -0.384 e. The van der Waals surface area contributed by atoms with E-state index >= 15 is 0 Å². The average Bonchev–Trinajstić information content (AvgIpc) is 2.72. The Morgan fingerprint density at radius 3 is 2.54 bits per heavy atom. The summed E-state index contributed by atoms with van der Waals surface area (Å²) in [6.45, 7) is 2.62. The normalized spacial score (nSPS) is 14.2. The molecule has 0 saturated carbocycles. The number of benzene rings is 2. The molecule has 2 aromatic carbocycles. The van der Waals surface area contributed by atoms with Gasteiger partial charge in [0.25, 0.3) is 0 Å². The van der Waals surface area contributed by atoms with Crippen molar-refractivity contribution >= 4 is 34.0 Å². The van der Waals surface area contributed by atoms with Crippen molar-refractivity contribution in [3.8, 4) is 0 Å². The van der Waals surface area contributed by atoms with Crippen LogP contribution in [0.5, 0.6) is 0 Å². The van der Waals surface area contributed by atoms with Crippen LogP contribution in [0.15, 0.2) is 54.7 Å². The number of amides is 2. The molecule has 1 aromatic heterocycles. The Labute approximate surface area is 164 Å². The number of hydrogen-bond acceptors (Lipinski definition) is 4. The summed E-state index contributed by atoms with van der Waals surface area (Å²) in [4.78, 5) is 20.4. The summed E-state index contributed by atoms with van der Waals surface area (Å²) in [7, 11) is 0. The number of primary amides is 1. The molecule has 0 unspecified atom stereocenters. The number of anilines is 3. The van der Waals surface area contributed by atoms with E-state index in [1.54, 1.807) is 17.2 Å². The van der Waals surface area contributed by atoms with Crippen molar-refractivity contribution < 1.29 is 4.79 Å². The fourth-order valence-corrected chi connectivity index (χ4v) is 3.83. The van der Waals surface area contributed by atoms with Gasteiger partial charge in [-0.3, -0.25) is 4.90 Å². The van der Waals surface area contributed by atoms with Crippen LogP contribution in [0.2, 0.25) is 0 Å². The second-order valence-electron chi connectivity index (χ2n) is 7.25. The third kappa shape index (κ3) is 3.71. The molecule has 6 heteroatoms.